The fourth-order valence-corrected chi connectivity index (χ4v) is 4.56. The second kappa shape index (κ2) is 13.4. The Morgan fingerprint density at radius 1 is 1.00 bits per heavy atom. The third-order valence-corrected chi connectivity index (χ3v) is 6.55. The zero-order chi connectivity index (χ0) is 24.3. The molecule has 1 aromatic heterocycles. The molecule has 0 spiro atoms. The topological polar surface area (TPSA) is 74.0 Å². The summed E-state index contributed by atoms with van der Waals surface area (Å²) in [4.78, 5) is 29.0. The van der Waals surface area contributed by atoms with E-state index in [-0.39, 0.29) is 11.8 Å². The van der Waals surface area contributed by atoms with Crippen LogP contribution in [0.2, 0.25) is 10.0 Å². The number of rotatable bonds is 13. The van der Waals surface area contributed by atoms with Gasteiger partial charge in [-0.2, -0.15) is 0 Å². The number of para-hydroxylation sites is 1. The van der Waals surface area contributed by atoms with Gasteiger partial charge in [-0.1, -0.05) is 80.1 Å². The van der Waals surface area contributed by atoms with Crippen molar-refractivity contribution in [3.8, 4) is 0 Å². The molecule has 0 bridgehead atoms. The number of hydrogen-bond acceptors (Lipinski definition) is 2. The summed E-state index contributed by atoms with van der Waals surface area (Å²) in [7, 11) is 0. The van der Waals surface area contributed by atoms with Crippen LogP contribution < -0.4 is 10.6 Å². The summed E-state index contributed by atoms with van der Waals surface area (Å²) in [6.45, 7) is 2.58. The number of aromatic amines is 1. The predicted octanol–water partition coefficient (Wildman–Crippen LogP) is 6.22. The Hall–Kier alpha value is -2.50. The third kappa shape index (κ3) is 7.78. The summed E-state index contributed by atoms with van der Waals surface area (Å²) in [5, 5.41) is 8.15. The van der Waals surface area contributed by atoms with Crippen molar-refractivity contribution in [2.24, 2.45) is 0 Å². The second-order valence-corrected chi connectivity index (χ2v) is 9.47. The van der Waals surface area contributed by atoms with Gasteiger partial charge in [0, 0.05) is 46.5 Å². The van der Waals surface area contributed by atoms with Crippen molar-refractivity contribution in [2.45, 2.75) is 64.3 Å². The fourth-order valence-electron chi connectivity index (χ4n) is 4.05. The molecular formula is C27H33Cl2N3O2. The number of nitrogens with one attached hydrogen (secondary N) is 3. The van der Waals surface area contributed by atoms with Crippen molar-refractivity contribution in [1.82, 2.24) is 15.6 Å². The van der Waals surface area contributed by atoms with Crippen LogP contribution in [0.5, 0.6) is 0 Å². The molecule has 0 fully saturated rings. The first-order valence-electron chi connectivity index (χ1n) is 12.0. The van der Waals surface area contributed by atoms with Gasteiger partial charge in [-0.15, -0.1) is 0 Å². The number of benzene rings is 2. The monoisotopic (exact) mass is 501 g/mol. The van der Waals surface area contributed by atoms with E-state index in [1.807, 2.05) is 36.5 Å². The highest BCUT2D eigenvalue weighted by Gasteiger charge is 2.22. The number of fused-ring (bicyclic) bond motifs is 1. The van der Waals surface area contributed by atoms with Crippen LogP contribution >= 0.6 is 23.2 Å². The van der Waals surface area contributed by atoms with Crippen molar-refractivity contribution in [3.63, 3.8) is 0 Å². The van der Waals surface area contributed by atoms with Gasteiger partial charge in [0.1, 0.15) is 6.04 Å². The van der Waals surface area contributed by atoms with Crippen LogP contribution in [0.1, 0.15) is 56.6 Å². The molecule has 3 aromatic rings. The highest BCUT2D eigenvalue weighted by Crippen LogP contribution is 2.21. The minimum atomic E-state index is -0.650. The molecule has 3 rings (SSSR count). The average Bonchev–Trinajstić information content (AvgIpc) is 3.22. The molecule has 7 heteroatoms. The average molecular weight is 502 g/mol. The SMILES string of the molecule is CCCCCCCC(=O)NC(Cc1c[nH]c2ccccc12)C(=O)NCCc1ccc(Cl)cc1Cl. The van der Waals surface area contributed by atoms with Crippen LogP contribution in [-0.2, 0) is 22.4 Å². The van der Waals surface area contributed by atoms with Crippen LogP contribution in [0.4, 0.5) is 0 Å². The van der Waals surface area contributed by atoms with E-state index in [4.69, 9.17) is 23.2 Å². The van der Waals surface area contributed by atoms with E-state index in [9.17, 15) is 9.59 Å². The molecule has 0 saturated carbocycles. The highest BCUT2D eigenvalue weighted by atomic mass is 35.5. The third-order valence-electron chi connectivity index (χ3n) is 5.97. The number of unbranched alkanes of at least 4 members (excludes halogenated alkanes) is 4. The van der Waals surface area contributed by atoms with Crippen molar-refractivity contribution < 1.29 is 9.59 Å². The van der Waals surface area contributed by atoms with E-state index >= 15 is 0 Å². The van der Waals surface area contributed by atoms with Gasteiger partial charge in [-0.3, -0.25) is 9.59 Å². The summed E-state index contributed by atoms with van der Waals surface area (Å²) in [6.07, 6.45) is 8.69. The summed E-state index contributed by atoms with van der Waals surface area (Å²) in [5.74, 6) is -0.285. The molecular weight excluding hydrogens is 469 g/mol. The molecule has 1 unspecified atom stereocenters. The summed E-state index contributed by atoms with van der Waals surface area (Å²) >= 11 is 12.2. The lowest BCUT2D eigenvalue weighted by Gasteiger charge is -2.19. The molecule has 2 amide bonds. The molecule has 5 nitrogen and oxygen atoms in total. The zero-order valence-corrected chi connectivity index (χ0v) is 21.1. The molecule has 182 valence electrons. The fraction of sp³-hybridized carbons (Fsp3) is 0.407. The van der Waals surface area contributed by atoms with Gasteiger partial charge in [0.2, 0.25) is 11.8 Å². The van der Waals surface area contributed by atoms with E-state index in [0.29, 0.717) is 35.9 Å². The predicted molar refractivity (Wildman–Crippen MR) is 140 cm³/mol. The Morgan fingerprint density at radius 3 is 2.59 bits per heavy atom. The van der Waals surface area contributed by atoms with E-state index in [1.165, 1.54) is 12.8 Å². The first kappa shape index (κ1) is 26.1. The zero-order valence-electron chi connectivity index (χ0n) is 19.6. The standard InChI is InChI=1S/C27H33Cl2N3O2/c1-2-3-4-5-6-11-26(33)32-25(16-20-18-31-24-10-8-7-9-22(20)24)27(34)30-15-14-19-12-13-21(28)17-23(19)29/h7-10,12-13,17-18,25,31H,2-6,11,14-16H2,1H3,(H,30,34)(H,32,33). The minimum absolute atomic E-state index is 0.0859. The van der Waals surface area contributed by atoms with Crippen molar-refractivity contribution in [3.05, 3.63) is 69.8 Å². The van der Waals surface area contributed by atoms with E-state index in [0.717, 1.165) is 41.3 Å². The molecule has 1 heterocycles. The van der Waals surface area contributed by atoms with Crippen LogP contribution in [0.15, 0.2) is 48.7 Å². The van der Waals surface area contributed by atoms with Gasteiger partial charge in [0.15, 0.2) is 0 Å². The Kier molecular flexibility index (Phi) is 10.3. The summed E-state index contributed by atoms with van der Waals surface area (Å²) in [5.41, 5.74) is 2.92. The van der Waals surface area contributed by atoms with Gasteiger partial charge in [-0.25, -0.2) is 0 Å². The molecule has 34 heavy (non-hydrogen) atoms. The molecule has 0 aliphatic heterocycles. The lowest BCUT2D eigenvalue weighted by Crippen LogP contribution is -2.48. The van der Waals surface area contributed by atoms with Gasteiger partial charge < -0.3 is 15.6 Å². The maximum atomic E-state index is 13.1. The lowest BCUT2D eigenvalue weighted by atomic mass is 10.0. The lowest BCUT2D eigenvalue weighted by molar-refractivity contribution is -0.129. The molecule has 3 N–H and O–H groups in total. The molecule has 0 aliphatic rings. The van der Waals surface area contributed by atoms with Crippen molar-refractivity contribution >= 4 is 45.9 Å². The number of carbonyl (C=O) groups excluding carboxylic acids is 2. The summed E-state index contributed by atoms with van der Waals surface area (Å²) < 4.78 is 0. The van der Waals surface area contributed by atoms with Crippen molar-refractivity contribution in [2.75, 3.05) is 6.54 Å². The molecule has 0 aliphatic carbocycles. The van der Waals surface area contributed by atoms with Crippen LogP contribution in [0, 0.1) is 0 Å². The number of hydrogen-bond donors (Lipinski definition) is 3. The Morgan fingerprint density at radius 2 is 1.79 bits per heavy atom. The van der Waals surface area contributed by atoms with Crippen LogP contribution in [-0.4, -0.2) is 29.4 Å². The minimum Gasteiger partial charge on any atom is -0.361 e. The maximum absolute atomic E-state index is 13.1. The van der Waals surface area contributed by atoms with Gasteiger partial charge in [0.05, 0.1) is 0 Å². The summed E-state index contributed by atoms with van der Waals surface area (Å²) in [6, 6.07) is 12.6. The second-order valence-electron chi connectivity index (χ2n) is 8.62. The number of halogens is 2. The van der Waals surface area contributed by atoms with Gasteiger partial charge in [0.25, 0.3) is 0 Å². The Balaban J connectivity index is 1.62. The first-order valence-corrected chi connectivity index (χ1v) is 12.8. The largest absolute Gasteiger partial charge is 0.361 e. The van der Waals surface area contributed by atoms with Crippen LogP contribution in [0.25, 0.3) is 10.9 Å². The van der Waals surface area contributed by atoms with E-state index < -0.39 is 6.04 Å². The van der Waals surface area contributed by atoms with Crippen LogP contribution in [0.3, 0.4) is 0 Å². The Labute approximate surface area is 211 Å². The number of amides is 2. The molecule has 2 aromatic carbocycles. The van der Waals surface area contributed by atoms with Crippen molar-refractivity contribution in [1.29, 1.82) is 0 Å². The van der Waals surface area contributed by atoms with E-state index in [1.54, 1.807) is 12.1 Å². The number of carbonyl (C=O) groups is 2. The quantitative estimate of drug-likeness (QED) is 0.243. The first-order chi connectivity index (χ1) is 16.5. The normalized spacial score (nSPS) is 12.0. The number of aromatic nitrogens is 1. The maximum Gasteiger partial charge on any atom is 0.242 e. The molecule has 1 atom stereocenters. The highest BCUT2D eigenvalue weighted by molar-refractivity contribution is 6.35. The van der Waals surface area contributed by atoms with Gasteiger partial charge >= 0.3 is 0 Å². The smallest absolute Gasteiger partial charge is 0.242 e. The van der Waals surface area contributed by atoms with E-state index in [2.05, 4.69) is 22.5 Å². The molecule has 0 radical (unpaired) electrons. The number of H-pyrrole nitrogens is 1. The van der Waals surface area contributed by atoms with Gasteiger partial charge in [-0.05, 0) is 42.2 Å². The Bertz CT molecular complexity index is 1100. The molecule has 0 saturated heterocycles.